The quantitative estimate of drug-likeness (QED) is 0.888. The molecular formula is C11H12FNO3S. The van der Waals surface area contributed by atoms with Gasteiger partial charge in [0.25, 0.3) is 0 Å². The molecule has 1 aromatic heterocycles. The minimum absolute atomic E-state index is 0.126. The SMILES string of the molecule is O=C(Cc1cccs1)N1CCC(F)(C(=O)O)C1. The van der Waals surface area contributed by atoms with Crippen molar-refractivity contribution in [3.05, 3.63) is 22.4 Å². The highest BCUT2D eigenvalue weighted by Gasteiger charge is 2.46. The highest BCUT2D eigenvalue weighted by molar-refractivity contribution is 7.10. The largest absolute Gasteiger partial charge is 0.479 e. The molecule has 2 rings (SSSR count). The van der Waals surface area contributed by atoms with Gasteiger partial charge in [-0.15, -0.1) is 11.3 Å². The maximum absolute atomic E-state index is 13.7. The third kappa shape index (κ3) is 2.46. The zero-order valence-electron chi connectivity index (χ0n) is 9.06. The van der Waals surface area contributed by atoms with Crippen molar-refractivity contribution in [3.8, 4) is 0 Å². The van der Waals surface area contributed by atoms with Gasteiger partial charge in [-0.05, 0) is 11.4 Å². The van der Waals surface area contributed by atoms with Crippen LogP contribution in [0.1, 0.15) is 11.3 Å². The van der Waals surface area contributed by atoms with Crippen molar-refractivity contribution in [1.82, 2.24) is 4.90 Å². The monoisotopic (exact) mass is 257 g/mol. The van der Waals surface area contributed by atoms with Crippen LogP contribution >= 0.6 is 11.3 Å². The summed E-state index contributed by atoms with van der Waals surface area (Å²) in [6, 6.07) is 3.67. The van der Waals surface area contributed by atoms with Gasteiger partial charge in [-0.25, -0.2) is 9.18 Å². The number of carbonyl (C=O) groups is 2. The van der Waals surface area contributed by atoms with Crippen LogP contribution in [0.4, 0.5) is 4.39 Å². The number of hydrogen-bond donors (Lipinski definition) is 1. The third-order valence-corrected chi connectivity index (χ3v) is 3.74. The Hall–Kier alpha value is -1.43. The molecule has 1 saturated heterocycles. The summed E-state index contributed by atoms with van der Waals surface area (Å²) >= 11 is 1.46. The van der Waals surface area contributed by atoms with E-state index in [0.29, 0.717) is 0 Å². The molecule has 0 radical (unpaired) electrons. The molecule has 2 heterocycles. The lowest BCUT2D eigenvalue weighted by Crippen LogP contribution is -2.39. The number of aliphatic carboxylic acids is 1. The molecule has 1 fully saturated rings. The zero-order valence-corrected chi connectivity index (χ0v) is 9.87. The van der Waals surface area contributed by atoms with Gasteiger partial charge in [-0.3, -0.25) is 4.79 Å². The highest BCUT2D eigenvalue weighted by atomic mass is 32.1. The van der Waals surface area contributed by atoms with E-state index in [1.54, 1.807) is 0 Å². The first kappa shape index (κ1) is 12.0. The molecule has 1 aliphatic rings. The van der Waals surface area contributed by atoms with E-state index in [-0.39, 0.29) is 31.8 Å². The second-order valence-electron chi connectivity index (χ2n) is 4.09. The molecule has 0 aromatic carbocycles. The van der Waals surface area contributed by atoms with Crippen molar-refractivity contribution in [2.24, 2.45) is 0 Å². The summed E-state index contributed by atoms with van der Waals surface area (Å²) in [6.45, 7) is -0.167. The molecule has 17 heavy (non-hydrogen) atoms. The second kappa shape index (κ2) is 4.44. The zero-order chi connectivity index (χ0) is 12.5. The molecule has 1 N–H and O–H groups in total. The number of rotatable bonds is 3. The van der Waals surface area contributed by atoms with E-state index in [1.807, 2.05) is 17.5 Å². The first-order chi connectivity index (χ1) is 8.01. The van der Waals surface area contributed by atoms with E-state index < -0.39 is 11.6 Å². The maximum Gasteiger partial charge on any atom is 0.343 e. The molecule has 0 bridgehead atoms. The number of carboxylic acids is 1. The third-order valence-electron chi connectivity index (χ3n) is 2.86. The lowest BCUT2D eigenvalue weighted by atomic mass is 10.1. The number of halogens is 1. The van der Waals surface area contributed by atoms with Gasteiger partial charge in [0.05, 0.1) is 13.0 Å². The van der Waals surface area contributed by atoms with Gasteiger partial charge in [-0.1, -0.05) is 6.07 Å². The molecule has 1 amide bonds. The standard InChI is InChI=1S/C11H12FNO3S/c12-11(10(15)16)3-4-13(7-11)9(14)6-8-2-1-5-17-8/h1-2,5H,3-4,6-7H2,(H,15,16). The summed E-state index contributed by atoms with van der Waals surface area (Å²) in [7, 11) is 0. The molecule has 0 spiro atoms. The van der Waals surface area contributed by atoms with Crippen molar-refractivity contribution in [3.63, 3.8) is 0 Å². The molecule has 92 valence electrons. The molecule has 1 aliphatic heterocycles. The van der Waals surface area contributed by atoms with Crippen LogP contribution in [-0.4, -0.2) is 40.6 Å². The first-order valence-electron chi connectivity index (χ1n) is 5.24. The number of hydrogen-bond acceptors (Lipinski definition) is 3. The van der Waals surface area contributed by atoms with Crippen molar-refractivity contribution < 1.29 is 19.1 Å². The number of likely N-dealkylation sites (tertiary alicyclic amines) is 1. The molecular weight excluding hydrogens is 245 g/mol. The molecule has 0 aliphatic carbocycles. The van der Waals surface area contributed by atoms with E-state index >= 15 is 0 Å². The Kier molecular flexibility index (Phi) is 3.15. The molecule has 4 nitrogen and oxygen atoms in total. The number of amides is 1. The van der Waals surface area contributed by atoms with E-state index in [4.69, 9.17) is 5.11 Å². The van der Waals surface area contributed by atoms with Gasteiger partial charge in [0.1, 0.15) is 0 Å². The lowest BCUT2D eigenvalue weighted by Gasteiger charge is -2.17. The minimum atomic E-state index is -2.27. The Morgan fingerprint density at radius 1 is 1.59 bits per heavy atom. The number of alkyl halides is 1. The predicted molar refractivity (Wildman–Crippen MR) is 60.7 cm³/mol. The summed E-state index contributed by atoms with van der Waals surface area (Å²) in [5, 5.41) is 10.6. The smallest absolute Gasteiger partial charge is 0.343 e. The summed E-state index contributed by atoms with van der Waals surface area (Å²) < 4.78 is 13.7. The fraction of sp³-hybridized carbons (Fsp3) is 0.455. The second-order valence-corrected chi connectivity index (χ2v) is 5.12. The number of carboxylic acid groups (broad SMARTS) is 1. The van der Waals surface area contributed by atoms with Gasteiger partial charge in [0.15, 0.2) is 0 Å². The van der Waals surface area contributed by atoms with Gasteiger partial charge in [0, 0.05) is 17.8 Å². The maximum atomic E-state index is 13.7. The van der Waals surface area contributed by atoms with E-state index in [2.05, 4.69) is 0 Å². The summed E-state index contributed by atoms with van der Waals surface area (Å²) in [4.78, 5) is 24.7. The van der Waals surface area contributed by atoms with E-state index in [1.165, 1.54) is 16.2 Å². The van der Waals surface area contributed by atoms with Crippen molar-refractivity contribution in [2.45, 2.75) is 18.5 Å². The fourth-order valence-electron chi connectivity index (χ4n) is 1.83. The average Bonchev–Trinajstić information content (AvgIpc) is 2.88. The predicted octanol–water partition coefficient (Wildman–Crippen LogP) is 1.32. The Morgan fingerprint density at radius 3 is 2.88 bits per heavy atom. The van der Waals surface area contributed by atoms with Gasteiger partial charge in [-0.2, -0.15) is 0 Å². The van der Waals surface area contributed by atoms with Gasteiger partial charge in [0.2, 0.25) is 11.6 Å². The number of nitrogens with zero attached hydrogens (tertiary/aromatic N) is 1. The van der Waals surface area contributed by atoms with Crippen LogP contribution < -0.4 is 0 Å². The molecule has 6 heteroatoms. The fourth-order valence-corrected chi connectivity index (χ4v) is 2.53. The first-order valence-corrected chi connectivity index (χ1v) is 6.12. The van der Waals surface area contributed by atoms with Crippen LogP contribution in [0.15, 0.2) is 17.5 Å². The summed E-state index contributed by atoms with van der Waals surface area (Å²) in [5.74, 6) is -1.70. The van der Waals surface area contributed by atoms with Crippen molar-refractivity contribution in [2.75, 3.05) is 13.1 Å². The van der Waals surface area contributed by atoms with Gasteiger partial charge < -0.3 is 10.0 Å². The van der Waals surface area contributed by atoms with Crippen LogP contribution in [0.3, 0.4) is 0 Å². The molecule has 1 aromatic rings. The average molecular weight is 257 g/mol. The molecule has 1 atom stereocenters. The minimum Gasteiger partial charge on any atom is -0.479 e. The Bertz CT molecular complexity index is 434. The highest BCUT2D eigenvalue weighted by Crippen LogP contribution is 2.26. The number of thiophene rings is 1. The summed E-state index contributed by atoms with van der Waals surface area (Å²) in [5.41, 5.74) is -2.27. The topological polar surface area (TPSA) is 57.6 Å². The normalized spacial score (nSPS) is 23.9. The Morgan fingerprint density at radius 2 is 2.35 bits per heavy atom. The molecule has 1 unspecified atom stereocenters. The van der Waals surface area contributed by atoms with Crippen LogP contribution in [0, 0.1) is 0 Å². The van der Waals surface area contributed by atoms with Crippen molar-refractivity contribution >= 4 is 23.2 Å². The Labute approximate surface area is 102 Å². The van der Waals surface area contributed by atoms with E-state index in [9.17, 15) is 14.0 Å². The number of carbonyl (C=O) groups excluding carboxylic acids is 1. The van der Waals surface area contributed by atoms with Crippen molar-refractivity contribution in [1.29, 1.82) is 0 Å². The lowest BCUT2D eigenvalue weighted by molar-refractivity contribution is -0.150. The van der Waals surface area contributed by atoms with Crippen LogP contribution in [-0.2, 0) is 16.0 Å². The van der Waals surface area contributed by atoms with Crippen LogP contribution in [0.5, 0.6) is 0 Å². The van der Waals surface area contributed by atoms with Gasteiger partial charge >= 0.3 is 5.97 Å². The van der Waals surface area contributed by atoms with E-state index in [0.717, 1.165) is 4.88 Å². The Balaban J connectivity index is 1.97. The molecule has 0 saturated carbocycles. The van der Waals surface area contributed by atoms with Crippen LogP contribution in [0.25, 0.3) is 0 Å². The summed E-state index contributed by atoms with van der Waals surface area (Å²) in [6.07, 6.45) is 0.0892. The van der Waals surface area contributed by atoms with Crippen LogP contribution in [0.2, 0.25) is 0 Å².